The predicted octanol–water partition coefficient (Wildman–Crippen LogP) is 3.11. The highest BCUT2D eigenvalue weighted by Crippen LogP contribution is 2.46. The molecule has 1 spiro atoms. The van der Waals surface area contributed by atoms with E-state index in [1.807, 2.05) is 20.8 Å². The quantitative estimate of drug-likeness (QED) is 0.651. The van der Waals surface area contributed by atoms with Gasteiger partial charge in [0.15, 0.2) is 17.0 Å². The molecule has 2 bridgehead atoms. The molecule has 1 fully saturated rings. The lowest BCUT2D eigenvalue weighted by Gasteiger charge is -2.42. The van der Waals surface area contributed by atoms with Gasteiger partial charge in [0.05, 0.1) is 11.8 Å². The average Bonchev–Trinajstić information content (AvgIpc) is 3.24. The Hall–Kier alpha value is -3.76. The summed E-state index contributed by atoms with van der Waals surface area (Å²) in [6.45, 7) is 5.89. The molecule has 2 aromatic rings. The molecule has 1 saturated heterocycles. The Labute approximate surface area is 211 Å². The number of fused-ring (bicyclic) bond motifs is 5. The highest BCUT2D eigenvalue weighted by molar-refractivity contribution is 5.99. The number of aromatic nitrogens is 1. The standard InChI is InChI=1S/C26H28F2N4O5/c1-13(2)19-9-26(37-30-19)7-6-14(3)31-12-20(26)32-11-17(22(33)23(34)21(32)25(31)36)24(35)29-10-15-4-5-16(27)8-18(15)28/h4-5,8,11,13-14,20,34H,6-7,9-10,12H2,1-3H3,(H,29,35). The Balaban J connectivity index is 1.54. The predicted molar refractivity (Wildman–Crippen MR) is 129 cm³/mol. The SMILES string of the molecule is CC(C)C1=NOC2(CCC(C)N3CC2n2cc(C(=O)NCc4ccc(F)cc4F)c(=O)c(O)c2C3=O)C1. The van der Waals surface area contributed by atoms with Crippen LogP contribution in [0.2, 0.25) is 0 Å². The zero-order valence-corrected chi connectivity index (χ0v) is 20.8. The Morgan fingerprint density at radius 2 is 2.08 bits per heavy atom. The molecule has 3 atom stereocenters. The first kappa shape index (κ1) is 24.9. The second-order valence-corrected chi connectivity index (χ2v) is 10.3. The minimum atomic E-state index is -1.01. The van der Waals surface area contributed by atoms with Gasteiger partial charge < -0.3 is 24.7 Å². The van der Waals surface area contributed by atoms with Gasteiger partial charge in [-0.25, -0.2) is 8.78 Å². The van der Waals surface area contributed by atoms with E-state index in [1.54, 1.807) is 4.90 Å². The summed E-state index contributed by atoms with van der Waals surface area (Å²) < 4.78 is 28.7. The van der Waals surface area contributed by atoms with Gasteiger partial charge in [-0.15, -0.1) is 0 Å². The number of aromatic hydroxyl groups is 1. The van der Waals surface area contributed by atoms with Crippen molar-refractivity contribution in [2.45, 2.75) is 64.3 Å². The number of hydrogen-bond donors (Lipinski definition) is 2. The maximum Gasteiger partial charge on any atom is 0.274 e. The zero-order valence-electron chi connectivity index (χ0n) is 20.8. The number of pyridine rings is 1. The summed E-state index contributed by atoms with van der Waals surface area (Å²) in [4.78, 5) is 47.1. The van der Waals surface area contributed by atoms with Crippen LogP contribution in [-0.2, 0) is 11.4 Å². The van der Waals surface area contributed by atoms with Crippen molar-refractivity contribution in [1.29, 1.82) is 0 Å². The molecule has 5 rings (SSSR count). The van der Waals surface area contributed by atoms with Crippen LogP contribution in [0, 0.1) is 17.6 Å². The minimum Gasteiger partial charge on any atom is -0.503 e. The smallest absolute Gasteiger partial charge is 0.274 e. The van der Waals surface area contributed by atoms with E-state index in [-0.39, 0.29) is 36.3 Å². The Morgan fingerprint density at radius 1 is 1.32 bits per heavy atom. The first-order chi connectivity index (χ1) is 17.5. The molecule has 3 aliphatic rings. The molecule has 1 aromatic carbocycles. The van der Waals surface area contributed by atoms with E-state index in [0.29, 0.717) is 25.3 Å². The second kappa shape index (κ2) is 8.97. The maximum atomic E-state index is 14.0. The highest BCUT2D eigenvalue weighted by Gasteiger charge is 2.54. The van der Waals surface area contributed by atoms with Crippen molar-refractivity contribution in [3.8, 4) is 5.75 Å². The van der Waals surface area contributed by atoms with Gasteiger partial charge in [0.1, 0.15) is 17.2 Å². The van der Waals surface area contributed by atoms with Crippen LogP contribution in [0.4, 0.5) is 8.78 Å². The van der Waals surface area contributed by atoms with Crippen LogP contribution in [0.25, 0.3) is 0 Å². The van der Waals surface area contributed by atoms with Crippen molar-refractivity contribution in [1.82, 2.24) is 14.8 Å². The largest absolute Gasteiger partial charge is 0.503 e. The zero-order chi connectivity index (χ0) is 26.6. The van der Waals surface area contributed by atoms with Gasteiger partial charge in [0, 0.05) is 43.4 Å². The third kappa shape index (κ3) is 4.06. The summed E-state index contributed by atoms with van der Waals surface area (Å²) in [5.74, 6) is -3.64. The fourth-order valence-corrected chi connectivity index (χ4v) is 5.39. The molecule has 0 radical (unpaired) electrons. The van der Waals surface area contributed by atoms with Gasteiger partial charge in [-0.1, -0.05) is 25.1 Å². The first-order valence-electron chi connectivity index (χ1n) is 12.3. The molecular weight excluding hydrogens is 486 g/mol. The van der Waals surface area contributed by atoms with E-state index in [2.05, 4.69) is 10.5 Å². The van der Waals surface area contributed by atoms with Crippen molar-refractivity contribution < 1.29 is 28.3 Å². The van der Waals surface area contributed by atoms with Crippen LogP contribution in [0.1, 0.15) is 72.5 Å². The topological polar surface area (TPSA) is 113 Å². The molecular formula is C26H28F2N4O5. The van der Waals surface area contributed by atoms with Gasteiger partial charge in [-0.3, -0.25) is 14.4 Å². The van der Waals surface area contributed by atoms with E-state index < -0.39 is 51.8 Å². The summed E-state index contributed by atoms with van der Waals surface area (Å²) in [6.07, 6.45) is 3.00. The Morgan fingerprint density at radius 3 is 2.76 bits per heavy atom. The number of nitrogens with one attached hydrogen (secondary N) is 1. The molecule has 3 aliphatic heterocycles. The maximum absolute atomic E-state index is 14.0. The van der Waals surface area contributed by atoms with Crippen molar-refractivity contribution in [2.75, 3.05) is 6.54 Å². The van der Waals surface area contributed by atoms with E-state index in [1.165, 1.54) is 16.8 Å². The van der Waals surface area contributed by atoms with Gasteiger partial charge in [0.25, 0.3) is 11.8 Å². The van der Waals surface area contributed by atoms with Crippen LogP contribution < -0.4 is 10.7 Å². The molecule has 2 N–H and O–H groups in total. The van der Waals surface area contributed by atoms with E-state index >= 15 is 0 Å². The number of carbonyl (C=O) groups is 2. The lowest BCUT2D eigenvalue weighted by Crippen LogP contribution is -2.52. The Kier molecular flexibility index (Phi) is 6.04. The summed E-state index contributed by atoms with van der Waals surface area (Å²) in [5.41, 5.74) is -1.52. The summed E-state index contributed by atoms with van der Waals surface area (Å²) >= 11 is 0. The summed E-state index contributed by atoms with van der Waals surface area (Å²) in [5, 5.41) is 17.6. The molecule has 9 nitrogen and oxygen atoms in total. The number of carbonyl (C=O) groups excluding carboxylic acids is 2. The number of benzene rings is 1. The minimum absolute atomic E-state index is 0.0253. The van der Waals surface area contributed by atoms with Crippen molar-refractivity contribution >= 4 is 17.5 Å². The van der Waals surface area contributed by atoms with Crippen LogP contribution in [0.5, 0.6) is 5.75 Å². The number of amides is 2. The molecule has 11 heteroatoms. The average molecular weight is 515 g/mol. The molecule has 4 heterocycles. The number of rotatable bonds is 4. The van der Waals surface area contributed by atoms with Gasteiger partial charge in [-0.2, -0.15) is 0 Å². The highest BCUT2D eigenvalue weighted by atomic mass is 19.1. The van der Waals surface area contributed by atoms with E-state index in [4.69, 9.17) is 4.84 Å². The number of halogens is 2. The molecule has 2 amide bonds. The van der Waals surface area contributed by atoms with Crippen LogP contribution >= 0.6 is 0 Å². The lowest BCUT2D eigenvalue weighted by molar-refractivity contribution is -0.0655. The molecule has 196 valence electrons. The van der Waals surface area contributed by atoms with Crippen LogP contribution in [0.3, 0.4) is 0 Å². The van der Waals surface area contributed by atoms with Gasteiger partial charge in [0.2, 0.25) is 5.43 Å². The summed E-state index contributed by atoms with van der Waals surface area (Å²) in [6, 6.07) is 2.27. The van der Waals surface area contributed by atoms with E-state index in [0.717, 1.165) is 11.8 Å². The molecule has 1 aromatic heterocycles. The summed E-state index contributed by atoms with van der Waals surface area (Å²) in [7, 11) is 0. The number of hydrogen-bond acceptors (Lipinski definition) is 6. The van der Waals surface area contributed by atoms with E-state index in [9.17, 15) is 28.3 Å². The van der Waals surface area contributed by atoms with Crippen molar-refractivity contribution in [2.24, 2.45) is 11.1 Å². The number of nitrogens with zero attached hydrogens (tertiary/aromatic N) is 3. The van der Waals surface area contributed by atoms with Gasteiger partial charge >= 0.3 is 0 Å². The molecule has 0 saturated carbocycles. The molecule has 0 aliphatic carbocycles. The molecule has 37 heavy (non-hydrogen) atoms. The number of oxime groups is 1. The third-order valence-corrected chi connectivity index (χ3v) is 7.69. The van der Waals surface area contributed by atoms with Crippen LogP contribution in [-0.4, -0.2) is 50.3 Å². The molecule has 3 unspecified atom stereocenters. The third-order valence-electron chi connectivity index (χ3n) is 7.69. The van der Waals surface area contributed by atoms with Gasteiger partial charge in [-0.05, 0) is 31.7 Å². The normalized spacial score (nSPS) is 24.5. The van der Waals surface area contributed by atoms with Crippen molar-refractivity contribution in [3.63, 3.8) is 0 Å². The Bertz CT molecular complexity index is 1390. The second-order valence-electron chi connectivity index (χ2n) is 10.3. The fraction of sp³-hybridized carbons (Fsp3) is 0.462. The monoisotopic (exact) mass is 514 g/mol. The van der Waals surface area contributed by atoms with Crippen LogP contribution in [0.15, 0.2) is 34.3 Å². The first-order valence-corrected chi connectivity index (χ1v) is 12.3. The fourth-order valence-electron chi connectivity index (χ4n) is 5.39. The van der Waals surface area contributed by atoms with Crippen molar-refractivity contribution in [3.05, 3.63) is 63.1 Å². The lowest BCUT2D eigenvalue weighted by atomic mass is 9.82.